The van der Waals surface area contributed by atoms with Gasteiger partial charge in [-0.1, -0.05) is 18.2 Å². The Morgan fingerprint density at radius 3 is 3.06 bits per heavy atom. The Bertz CT molecular complexity index is 768. The summed E-state index contributed by atoms with van der Waals surface area (Å²) in [6.45, 7) is 4.13. The number of oxazole rings is 1. The summed E-state index contributed by atoms with van der Waals surface area (Å²) in [6, 6.07) is 7.61. The molecule has 2 aromatic heterocycles. The average Bonchev–Trinajstić information content (AvgIpc) is 2.84. The van der Waals surface area contributed by atoms with Gasteiger partial charge < -0.3 is 8.98 Å². The number of benzene rings is 1. The van der Waals surface area contributed by atoms with Crippen LogP contribution in [0.4, 0.5) is 0 Å². The van der Waals surface area contributed by atoms with Gasteiger partial charge >= 0.3 is 0 Å². The van der Waals surface area contributed by atoms with Gasteiger partial charge in [-0.05, 0) is 12.1 Å². The molecule has 0 aliphatic carbocycles. The zero-order chi connectivity index (χ0) is 11.8. The molecule has 0 fully saturated rings. The molecular weight excluding hydrogens is 216 g/mol. The maximum absolute atomic E-state index is 12.2. The van der Waals surface area contributed by atoms with Crippen LogP contribution in [-0.2, 0) is 6.54 Å². The lowest BCUT2D eigenvalue weighted by molar-refractivity contribution is 0.605. The summed E-state index contributed by atoms with van der Waals surface area (Å²) < 4.78 is 6.94. The predicted octanol–water partition coefficient (Wildman–Crippen LogP) is 2.33. The van der Waals surface area contributed by atoms with Gasteiger partial charge in [-0.3, -0.25) is 4.79 Å². The molecule has 1 aromatic carbocycles. The lowest BCUT2D eigenvalue weighted by Gasteiger charge is -2.07. The number of allylic oxidation sites excluding steroid dienone is 1. The number of para-hydroxylation sites is 1. The summed E-state index contributed by atoms with van der Waals surface area (Å²) >= 11 is 0. The molecule has 4 heteroatoms. The highest BCUT2D eigenvalue weighted by molar-refractivity contribution is 6.00. The first-order valence-corrected chi connectivity index (χ1v) is 5.28. The molecule has 0 saturated carbocycles. The lowest BCUT2D eigenvalue weighted by Crippen LogP contribution is -2.20. The number of nitrogens with zero attached hydrogens (tertiary/aromatic N) is 2. The number of hydrogen-bond acceptors (Lipinski definition) is 3. The fraction of sp³-hybridized carbons (Fsp3) is 0.0769. The zero-order valence-corrected chi connectivity index (χ0v) is 9.09. The number of hydrogen-bond donors (Lipinski definition) is 0. The second-order valence-electron chi connectivity index (χ2n) is 3.75. The quantitative estimate of drug-likeness (QED) is 0.630. The molecule has 0 atom stereocenters. The standard InChI is InChI=1S/C13H10N2O2/c1-2-7-15-10-6-4-3-5-9(10)12-11(13(15)16)14-8-17-12/h2-6,8H,1,7H2. The summed E-state index contributed by atoms with van der Waals surface area (Å²) in [7, 11) is 0. The minimum absolute atomic E-state index is 0.146. The molecule has 0 bridgehead atoms. The lowest BCUT2D eigenvalue weighted by atomic mass is 10.2. The van der Waals surface area contributed by atoms with Gasteiger partial charge in [0.2, 0.25) is 0 Å². The molecule has 4 nitrogen and oxygen atoms in total. The summed E-state index contributed by atoms with van der Waals surface area (Å²) in [5.74, 6) is 0. The van der Waals surface area contributed by atoms with Crippen molar-refractivity contribution in [2.45, 2.75) is 6.54 Å². The van der Waals surface area contributed by atoms with Crippen molar-refractivity contribution in [3.8, 4) is 0 Å². The first-order valence-electron chi connectivity index (χ1n) is 5.28. The van der Waals surface area contributed by atoms with E-state index in [-0.39, 0.29) is 5.56 Å². The first-order chi connectivity index (χ1) is 8.33. The van der Waals surface area contributed by atoms with Crippen molar-refractivity contribution >= 4 is 22.0 Å². The van der Waals surface area contributed by atoms with Gasteiger partial charge in [0.25, 0.3) is 5.56 Å². The van der Waals surface area contributed by atoms with Crippen LogP contribution in [0.15, 0.2) is 52.5 Å². The number of aromatic nitrogens is 2. The summed E-state index contributed by atoms with van der Waals surface area (Å²) in [5.41, 5.74) is 1.60. The SMILES string of the molecule is C=CCn1c(=O)c2ncoc2c2ccccc21. The van der Waals surface area contributed by atoms with Crippen LogP contribution in [-0.4, -0.2) is 9.55 Å². The van der Waals surface area contributed by atoms with Crippen molar-refractivity contribution in [2.75, 3.05) is 0 Å². The van der Waals surface area contributed by atoms with E-state index in [0.29, 0.717) is 17.6 Å². The number of pyridine rings is 1. The van der Waals surface area contributed by atoms with E-state index in [1.54, 1.807) is 10.6 Å². The molecule has 2 heterocycles. The van der Waals surface area contributed by atoms with E-state index >= 15 is 0 Å². The maximum atomic E-state index is 12.2. The van der Waals surface area contributed by atoms with Crippen molar-refractivity contribution in [3.63, 3.8) is 0 Å². The largest absolute Gasteiger partial charge is 0.443 e. The van der Waals surface area contributed by atoms with E-state index in [0.717, 1.165) is 10.9 Å². The van der Waals surface area contributed by atoms with E-state index in [1.165, 1.54) is 6.39 Å². The molecule has 0 aliphatic rings. The van der Waals surface area contributed by atoms with Crippen LogP contribution >= 0.6 is 0 Å². The minimum atomic E-state index is -0.146. The molecule has 0 amide bonds. The molecule has 0 N–H and O–H groups in total. The first kappa shape index (κ1) is 9.84. The van der Waals surface area contributed by atoms with Crippen molar-refractivity contribution in [1.29, 1.82) is 0 Å². The molecule has 3 rings (SSSR count). The molecule has 0 aliphatic heterocycles. The van der Waals surface area contributed by atoms with Gasteiger partial charge in [0.05, 0.1) is 5.52 Å². The van der Waals surface area contributed by atoms with Gasteiger partial charge in [0, 0.05) is 11.9 Å². The van der Waals surface area contributed by atoms with Crippen LogP contribution in [0.3, 0.4) is 0 Å². The Kier molecular flexibility index (Phi) is 2.08. The Labute approximate surface area is 96.8 Å². The van der Waals surface area contributed by atoms with Gasteiger partial charge in [0.15, 0.2) is 17.5 Å². The van der Waals surface area contributed by atoms with Gasteiger partial charge in [-0.2, -0.15) is 0 Å². The molecule has 0 spiro atoms. The minimum Gasteiger partial charge on any atom is -0.443 e. The second kappa shape index (κ2) is 3.59. The third kappa shape index (κ3) is 1.30. The smallest absolute Gasteiger partial charge is 0.281 e. The van der Waals surface area contributed by atoms with Crippen LogP contribution in [0.2, 0.25) is 0 Å². The van der Waals surface area contributed by atoms with E-state index < -0.39 is 0 Å². The molecule has 17 heavy (non-hydrogen) atoms. The Balaban J connectivity index is 2.61. The van der Waals surface area contributed by atoms with Crippen LogP contribution in [0.5, 0.6) is 0 Å². The van der Waals surface area contributed by atoms with Crippen LogP contribution in [0.1, 0.15) is 0 Å². The normalized spacial score (nSPS) is 11.1. The van der Waals surface area contributed by atoms with Crippen molar-refractivity contribution in [2.24, 2.45) is 0 Å². The van der Waals surface area contributed by atoms with E-state index in [1.807, 2.05) is 24.3 Å². The topological polar surface area (TPSA) is 48.0 Å². The van der Waals surface area contributed by atoms with E-state index in [2.05, 4.69) is 11.6 Å². The molecule has 0 unspecified atom stereocenters. The number of rotatable bonds is 2. The molecule has 84 valence electrons. The van der Waals surface area contributed by atoms with E-state index in [4.69, 9.17) is 4.42 Å². The van der Waals surface area contributed by atoms with Crippen LogP contribution in [0, 0.1) is 0 Å². The summed E-state index contributed by atoms with van der Waals surface area (Å²) in [4.78, 5) is 16.2. The molecule has 0 saturated heterocycles. The van der Waals surface area contributed by atoms with Crippen molar-refractivity contribution in [1.82, 2.24) is 9.55 Å². The maximum Gasteiger partial charge on any atom is 0.281 e. The van der Waals surface area contributed by atoms with Gasteiger partial charge in [-0.25, -0.2) is 4.98 Å². The van der Waals surface area contributed by atoms with Gasteiger partial charge in [-0.15, -0.1) is 6.58 Å². The third-order valence-electron chi connectivity index (χ3n) is 2.77. The molecular formula is C13H10N2O2. The summed E-state index contributed by atoms with van der Waals surface area (Å²) in [5, 5.41) is 0.890. The van der Waals surface area contributed by atoms with Crippen molar-refractivity contribution < 1.29 is 4.42 Å². The second-order valence-corrected chi connectivity index (χ2v) is 3.75. The van der Waals surface area contributed by atoms with Crippen LogP contribution in [0.25, 0.3) is 22.0 Å². The fourth-order valence-corrected chi connectivity index (χ4v) is 2.04. The van der Waals surface area contributed by atoms with Crippen molar-refractivity contribution in [3.05, 3.63) is 53.7 Å². The highest BCUT2D eigenvalue weighted by Gasteiger charge is 2.12. The Morgan fingerprint density at radius 1 is 1.41 bits per heavy atom. The Morgan fingerprint density at radius 2 is 2.24 bits per heavy atom. The van der Waals surface area contributed by atoms with Crippen LogP contribution < -0.4 is 5.56 Å². The zero-order valence-electron chi connectivity index (χ0n) is 9.09. The Hall–Kier alpha value is -2.36. The predicted molar refractivity (Wildman–Crippen MR) is 66.0 cm³/mol. The number of fused-ring (bicyclic) bond motifs is 3. The monoisotopic (exact) mass is 226 g/mol. The molecule has 3 aromatic rings. The summed E-state index contributed by atoms with van der Waals surface area (Å²) in [6.07, 6.45) is 3.00. The fourth-order valence-electron chi connectivity index (χ4n) is 2.04. The average molecular weight is 226 g/mol. The molecule has 0 radical (unpaired) electrons. The third-order valence-corrected chi connectivity index (χ3v) is 2.77. The van der Waals surface area contributed by atoms with E-state index in [9.17, 15) is 4.79 Å². The highest BCUT2D eigenvalue weighted by atomic mass is 16.3. The highest BCUT2D eigenvalue weighted by Crippen LogP contribution is 2.21. The van der Waals surface area contributed by atoms with Gasteiger partial charge in [0.1, 0.15) is 0 Å².